The van der Waals surface area contributed by atoms with Crippen molar-refractivity contribution in [2.75, 3.05) is 0 Å². The van der Waals surface area contributed by atoms with Gasteiger partial charge in [-0.15, -0.1) is 0 Å². The minimum absolute atomic E-state index is 0.174. The molecule has 1 unspecified atom stereocenters. The second kappa shape index (κ2) is 6.96. The van der Waals surface area contributed by atoms with Crippen LogP contribution in [0.5, 0.6) is 0 Å². The molecule has 1 atom stereocenters. The van der Waals surface area contributed by atoms with Crippen LogP contribution < -0.4 is 11.3 Å². The quantitative estimate of drug-likeness (QED) is 0.629. The molecule has 1 aliphatic carbocycles. The minimum atomic E-state index is -0.548. The summed E-state index contributed by atoms with van der Waals surface area (Å²) in [5, 5.41) is 0. The Bertz CT molecular complexity index is 383. The average molecular weight is 268 g/mol. The van der Waals surface area contributed by atoms with Crippen LogP contribution >= 0.6 is 0 Å². The van der Waals surface area contributed by atoms with E-state index in [9.17, 15) is 8.78 Å². The highest BCUT2D eigenvalue weighted by molar-refractivity contribution is 5.21. The largest absolute Gasteiger partial charge is 0.271 e. The third-order valence-electron chi connectivity index (χ3n) is 4.08. The maximum absolute atomic E-state index is 13.2. The van der Waals surface area contributed by atoms with Crippen molar-refractivity contribution < 1.29 is 8.78 Å². The molecular formula is C15H22F2N2. The van der Waals surface area contributed by atoms with Gasteiger partial charge in [0.2, 0.25) is 0 Å². The van der Waals surface area contributed by atoms with E-state index in [0.717, 1.165) is 24.8 Å². The SMILES string of the molecule is NNC(CCC1CCCCC1)c1cc(F)cc(F)c1. The van der Waals surface area contributed by atoms with Gasteiger partial charge in [-0.2, -0.15) is 0 Å². The van der Waals surface area contributed by atoms with Crippen LogP contribution in [-0.2, 0) is 0 Å². The van der Waals surface area contributed by atoms with Crippen molar-refractivity contribution in [2.24, 2.45) is 11.8 Å². The van der Waals surface area contributed by atoms with Crippen LogP contribution in [0, 0.1) is 17.6 Å². The topological polar surface area (TPSA) is 38.0 Å². The Morgan fingerprint density at radius 1 is 1.11 bits per heavy atom. The number of hydrazine groups is 1. The summed E-state index contributed by atoms with van der Waals surface area (Å²) in [4.78, 5) is 0. The van der Waals surface area contributed by atoms with Gasteiger partial charge < -0.3 is 0 Å². The number of rotatable bonds is 5. The standard InChI is InChI=1S/C15H22F2N2/c16-13-8-12(9-14(17)10-13)15(19-18)7-6-11-4-2-1-3-5-11/h8-11,15,19H,1-7,18H2. The van der Waals surface area contributed by atoms with Gasteiger partial charge in [0.15, 0.2) is 0 Å². The van der Waals surface area contributed by atoms with Crippen molar-refractivity contribution in [3.05, 3.63) is 35.4 Å². The lowest BCUT2D eigenvalue weighted by molar-refractivity contribution is 0.314. The Labute approximate surface area is 113 Å². The van der Waals surface area contributed by atoms with Crippen LogP contribution in [-0.4, -0.2) is 0 Å². The molecule has 0 amide bonds. The molecule has 0 radical (unpaired) electrons. The normalized spacial score (nSPS) is 18.5. The van der Waals surface area contributed by atoms with Gasteiger partial charge in [0.05, 0.1) is 0 Å². The lowest BCUT2D eigenvalue weighted by atomic mass is 9.84. The third kappa shape index (κ3) is 4.25. The van der Waals surface area contributed by atoms with Gasteiger partial charge in [0, 0.05) is 12.1 Å². The predicted octanol–water partition coefficient (Wildman–Crippen LogP) is 3.83. The van der Waals surface area contributed by atoms with Gasteiger partial charge in [0.25, 0.3) is 0 Å². The summed E-state index contributed by atoms with van der Waals surface area (Å²) >= 11 is 0. The van der Waals surface area contributed by atoms with Crippen molar-refractivity contribution in [3.8, 4) is 0 Å². The van der Waals surface area contributed by atoms with E-state index < -0.39 is 11.6 Å². The van der Waals surface area contributed by atoms with Crippen LogP contribution in [0.4, 0.5) is 8.78 Å². The van der Waals surface area contributed by atoms with Crippen LogP contribution in [0.25, 0.3) is 0 Å². The number of halogens is 2. The van der Waals surface area contributed by atoms with E-state index in [1.807, 2.05) is 0 Å². The van der Waals surface area contributed by atoms with Crippen molar-refractivity contribution >= 4 is 0 Å². The second-order valence-corrected chi connectivity index (χ2v) is 5.50. The molecule has 0 saturated heterocycles. The lowest BCUT2D eigenvalue weighted by Gasteiger charge is -2.24. The minimum Gasteiger partial charge on any atom is -0.271 e. The highest BCUT2D eigenvalue weighted by Crippen LogP contribution is 2.30. The van der Waals surface area contributed by atoms with Crippen molar-refractivity contribution in [3.63, 3.8) is 0 Å². The molecule has 0 bridgehead atoms. The molecule has 1 fully saturated rings. The Morgan fingerprint density at radius 3 is 2.32 bits per heavy atom. The number of benzene rings is 1. The van der Waals surface area contributed by atoms with Crippen molar-refractivity contribution in [2.45, 2.75) is 51.0 Å². The molecule has 1 saturated carbocycles. The molecule has 4 heteroatoms. The fourth-order valence-corrected chi connectivity index (χ4v) is 3.00. The van der Waals surface area contributed by atoms with E-state index in [1.165, 1.54) is 44.2 Å². The van der Waals surface area contributed by atoms with Crippen LogP contribution in [0.2, 0.25) is 0 Å². The summed E-state index contributed by atoms with van der Waals surface area (Å²) in [6.07, 6.45) is 8.38. The van der Waals surface area contributed by atoms with Gasteiger partial charge in [-0.3, -0.25) is 11.3 Å². The molecule has 1 aliphatic rings. The first-order chi connectivity index (χ1) is 9.19. The molecular weight excluding hydrogens is 246 g/mol. The molecule has 106 valence electrons. The zero-order valence-electron chi connectivity index (χ0n) is 11.2. The van der Waals surface area contributed by atoms with E-state index in [0.29, 0.717) is 5.56 Å². The molecule has 0 heterocycles. The monoisotopic (exact) mass is 268 g/mol. The molecule has 0 aromatic heterocycles. The Hall–Kier alpha value is -1.00. The first-order valence-electron chi connectivity index (χ1n) is 7.11. The number of hydrogen-bond acceptors (Lipinski definition) is 2. The Balaban J connectivity index is 1.95. The molecule has 1 aromatic carbocycles. The fraction of sp³-hybridized carbons (Fsp3) is 0.600. The van der Waals surface area contributed by atoms with Crippen molar-refractivity contribution in [1.29, 1.82) is 0 Å². The van der Waals surface area contributed by atoms with E-state index in [-0.39, 0.29) is 6.04 Å². The first kappa shape index (κ1) is 14.4. The second-order valence-electron chi connectivity index (χ2n) is 5.50. The van der Waals surface area contributed by atoms with Crippen LogP contribution in [0.1, 0.15) is 56.6 Å². The summed E-state index contributed by atoms with van der Waals surface area (Å²) < 4.78 is 26.4. The molecule has 0 aliphatic heterocycles. The number of nitrogens with two attached hydrogens (primary N) is 1. The molecule has 0 spiro atoms. The molecule has 2 rings (SSSR count). The van der Waals surface area contributed by atoms with Gasteiger partial charge in [-0.05, 0) is 36.5 Å². The maximum Gasteiger partial charge on any atom is 0.126 e. The van der Waals surface area contributed by atoms with Gasteiger partial charge >= 0.3 is 0 Å². The third-order valence-corrected chi connectivity index (χ3v) is 4.08. The zero-order chi connectivity index (χ0) is 13.7. The predicted molar refractivity (Wildman–Crippen MR) is 72.2 cm³/mol. The molecule has 19 heavy (non-hydrogen) atoms. The van der Waals surface area contributed by atoms with Crippen LogP contribution in [0.3, 0.4) is 0 Å². The van der Waals surface area contributed by atoms with Gasteiger partial charge in [-0.1, -0.05) is 32.1 Å². The highest BCUT2D eigenvalue weighted by Gasteiger charge is 2.17. The summed E-state index contributed by atoms with van der Waals surface area (Å²) in [5.74, 6) is 5.17. The highest BCUT2D eigenvalue weighted by atomic mass is 19.1. The zero-order valence-corrected chi connectivity index (χ0v) is 11.2. The van der Waals surface area contributed by atoms with Crippen LogP contribution in [0.15, 0.2) is 18.2 Å². The fourth-order valence-electron chi connectivity index (χ4n) is 3.00. The summed E-state index contributed by atoms with van der Waals surface area (Å²) in [6, 6.07) is 3.42. The average Bonchev–Trinajstić information content (AvgIpc) is 2.39. The lowest BCUT2D eigenvalue weighted by Crippen LogP contribution is -2.28. The van der Waals surface area contributed by atoms with E-state index in [2.05, 4.69) is 5.43 Å². The van der Waals surface area contributed by atoms with Crippen molar-refractivity contribution in [1.82, 2.24) is 5.43 Å². The Kier molecular flexibility index (Phi) is 5.28. The first-order valence-corrected chi connectivity index (χ1v) is 7.11. The van der Waals surface area contributed by atoms with Gasteiger partial charge in [-0.25, -0.2) is 8.78 Å². The smallest absolute Gasteiger partial charge is 0.126 e. The molecule has 1 aromatic rings. The van der Waals surface area contributed by atoms with E-state index in [4.69, 9.17) is 5.84 Å². The number of nitrogens with one attached hydrogen (secondary N) is 1. The summed E-state index contributed by atoms with van der Waals surface area (Å²) in [6.45, 7) is 0. The van der Waals surface area contributed by atoms with E-state index in [1.54, 1.807) is 0 Å². The Morgan fingerprint density at radius 2 is 1.74 bits per heavy atom. The summed E-state index contributed by atoms with van der Waals surface area (Å²) in [7, 11) is 0. The maximum atomic E-state index is 13.2. The molecule has 3 N–H and O–H groups in total. The van der Waals surface area contributed by atoms with E-state index >= 15 is 0 Å². The summed E-state index contributed by atoms with van der Waals surface area (Å²) in [5.41, 5.74) is 3.27. The molecule has 2 nitrogen and oxygen atoms in total. The van der Waals surface area contributed by atoms with Gasteiger partial charge in [0.1, 0.15) is 11.6 Å². The number of hydrogen-bond donors (Lipinski definition) is 2.